The molecule has 0 aliphatic rings. The van der Waals surface area contributed by atoms with Crippen LogP contribution in [0.15, 0.2) is 0 Å². The van der Waals surface area contributed by atoms with Crippen molar-refractivity contribution in [2.24, 2.45) is 5.92 Å². The van der Waals surface area contributed by atoms with E-state index in [0.717, 1.165) is 25.3 Å². The molecule has 1 atom stereocenters. The number of tetrazole rings is 1. The molecule has 1 rings (SSSR count). The van der Waals surface area contributed by atoms with Crippen molar-refractivity contribution in [3.8, 4) is 0 Å². The number of hydrogen-bond acceptors (Lipinski definition) is 4. The molecule has 5 nitrogen and oxygen atoms in total. The van der Waals surface area contributed by atoms with Crippen molar-refractivity contribution in [3.05, 3.63) is 5.82 Å². The number of hydrogen-bond donors (Lipinski definition) is 1. The first kappa shape index (κ1) is 12.1. The topological polar surface area (TPSA) is 55.6 Å². The first-order valence-corrected chi connectivity index (χ1v) is 5.68. The summed E-state index contributed by atoms with van der Waals surface area (Å²) in [6.07, 6.45) is 1.06. The molecule has 0 aliphatic heterocycles. The van der Waals surface area contributed by atoms with Crippen LogP contribution in [-0.2, 0) is 6.54 Å². The highest BCUT2D eigenvalue weighted by Crippen LogP contribution is 2.20. The largest absolute Gasteiger partial charge is 0.310 e. The summed E-state index contributed by atoms with van der Waals surface area (Å²) in [7, 11) is 0. The Morgan fingerprint density at radius 2 is 2.07 bits per heavy atom. The van der Waals surface area contributed by atoms with Gasteiger partial charge in [0.25, 0.3) is 0 Å². The molecule has 0 bridgehead atoms. The molecule has 5 heteroatoms. The van der Waals surface area contributed by atoms with Gasteiger partial charge in [0.05, 0.1) is 12.6 Å². The molecule has 86 valence electrons. The first-order valence-electron chi connectivity index (χ1n) is 5.68. The Bertz CT molecular complexity index is 281. The van der Waals surface area contributed by atoms with Crippen LogP contribution < -0.4 is 5.32 Å². The molecule has 0 saturated heterocycles. The molecule has 0 aliphatic carbocycles. The number of rotatable bonds is 6. The van der Waals surface area contributed by atoms with Crippen LogP contribution in [0.3, 0.4) is 0 Å². The van der Waals surface area contributed by atoms with Crippen molar-refractivity contribution in [1.29, 1.82) is 0 Å². The molecule has 0 saturated carbocycles. The van der Waals surface area contributed by atoms with E-state index in [-0.39, 0.29) is 0 Å². The van der Waals surface area contributed by atoms with Gasteiger partial charge in [-0.05, 0) is 29.3 Å². The smallest absolute Gasteiger partial charge is 0.165 e. The van der Waals surface area contributed by atoms with Gasteiger partial charge in [0, 0.05) is 0 Å². The third-order valence-corrected chi connectivity index (χ3v) is 2.60. The van der Waals surface area contributed by atoms with Crippen molar-refractivity contribution in [3.63, 3.8) is 0 Å². The summed E-state index contributed by atoms with van der Waals surface area (Å²) in [6.45, 7) is 10.3. The van der Waals surface area contributed by atoms with Gasteiger partial charge in [-0.25, -0.2) is 4.68 Å². The highest BCUT2D eigenvalue weighted by Gasteiger charge is 2.18. The van der Waals surface area contributed by atoms with Crippen molar-refractivity contribution in [1.82, 2.24) is 25.5 Å². The van der Waals surface area contributed by atoms with E-state index < -0.39 is 0 Å². The Morgan fingerprint density at radius 1 is 1.33 bits per heavy atom. The van der Waals surface area contributed by atoms with Crippen molar-refractivity contribution in [2.75, 3.05) is 6.54 Å². The second kappa shape index (κ2) is 5.80. The van der Waals surface area contributed by atoms with Crippen LogP contribution in [0, 0.1) is 5.92 Å². The lowest BCUT2D eigenvalue weighted by Crippen LogP contribution is -2.22. The Morgan fingerprint density at radius 3 is 2.60 bits per heavy atom. The first-order chi connectivity index (χ1) is 7.20. The molecule has 1 heterocycles. The third-order valence-electron chi connectivity index (χ3n) is 2.60. The lowest BCUT2D eigenvalue weighted by molar-refractivity contribution is 0.319. The fourth-order valence-electron chi connectivity index (χ4n) is 1.75. The van der Waals surface area contributed by atoms with Gasteiger partial charge in [0.15, 0.2) is 5.82 Å². The van der Waals surface area contributed by atoms with Gasteiger partial charge in [0.2, 0.25) is 0 Å². The summed E-state index contributed by atoms with van der Waals surface area (Å²) in [5.41, 5.74) is 0. The zero-order valence-corrected chi connectivity index (χ0v) is 10.1. The van der Waals surface area contributed by atoms with Crippen LogP contribution in [0.5, 0.6) is 0 Å². The average molecular weight is 211 g/mol. The zero-order chi connectivity index (χ0) is 11.3. The molecular formula is C10H21N5. The molecule has 1 unspecified atom stereocenters. The quantitative estimate of drug-likeness (QED) is 0.772. The molecule has 0 radical (unpaired) electrons. The molecule has 0 aromatic carbocycles. The van der Waals surface area contributed by atoms with E-state index in [9.17, 15) is 0 Å². The Hall–Kier alpha value is -0.970. The molecule has 1 aromatic heterocycles. The van der Waals surface area contributed by atoms with Crippen molar-refractivity contribution in [2.45, 2.75) is 46.7 Å². The summed E-state index contributed by atoms with van der Waals surface area (Å²) >= 11 is 0. The van der Waals surface area contributed by atoms with E-state index in [1.54, 1.807) is 0 Å². The van der Waals surface area contributed by atoms with Crippen LogP contribution in [0.4, 0.5) is 0 Å². The number of aromatic nitrogens is 4. The Kier molecular flexibility index (Phi) is 4.68. The van der Waals surface area contributed by atoms with E-state index in [2.05, 4.69) is 48.5 Å². The summed E-state index contributed by atoms with van der Waals surface area (Å²) in [5.74, 6) is 1.48. The van der Waals surface area contributed by atoms with E-state index >= 15 is 0 Å². The maximum absolute atomic E-state index is 4.08. The number of nitrogens with zero attached hydrogens (tertiary/aromatic N) is 4. The van der Waals surface area contributed by atoms with Gasteiger partial charge >= 0.3 is 0 Å². The van der Waals surface area contributed by atoms with Crippen molar-refractivity contribution < 1.29 is 0 Å². The van der Waals surface area contributed by atoms with Crippen LogP contribution in [0.25, 0.3) is 0 Å². The summed E-state index contributed by atoms with van der Waals surface area (Å²) in [6, 6.07) is 0.397. The lowest BCUT2D eigenvalue weighted by atomic mass is 10.0. The SMILES string of the molecule is CCNCc1nnnn1C(CC)C(C)C. The molecule has 0 spiro atoms. The van der Waals surface area contributed by atoms with Crippen LogP contribution >= 0.6 is 0 Å². The van der Waals surface area contributed by atoms with E-state index in [0.29, 0.717) is 12.0 Å². The average Bonchev–Trinajstić information content (AvgIpc) is 2.64. The molecule has 0 amide bonds. The highest BCUT2D eigenvalue weighted by molar-refractivity contribution is 4.84. The summed E-state index contributed by atoms with van der Waals surface area (Å²) < 4.78 is 1.95. The minimum absolute atomic E-state index is 0.397. The normalized spacial score (nSPS) is 13.4. The van der Waals surface area contributed by atoms with Gasteiger partial charge in [0.1, 0.15) is 0 Å². The van der Waals surface area contributed by atoms with Gasteiger partial charge < -0.3 is 5.32 Å². The van der Waals surface area contributed by atoms with Gasteiger partial charge in [-0.2, -0.15) is 0 Å². The van der Waals surface area contributed by atoms with E-state index in [1.807, 2.05) is 4.68 Å². The van der Waals surface area contributed by atoms with Crippen LogP contribution in [0.1, 0.15) is 46.0 Å². The molecule has 1 N–H and O–H groups in total. The second-order valence-electron chi connectivity index (χ2n) is 4.04. The lowest BCUT2D eigenvalue weighted by Gasteiger charge is -2.20. The second-order valence-corrected chi connectivity index (χ2v) is 4.04. The standard InChI is InChI=1S/C10H21N5/c1-5-9(8(3)4)15-10(7-11-6-2)12-13-14-15/h8-9,11H,5-7H2,1-4H3. The molecular weight excluding hydrogens is 190 g/mol. The minimum Gasteiger partial charge on any atom is -0.310 e. The van der Waals surface area contributed by atoms with E-state index in [4.69, 9.17) is 0 Å². The molecule has 1 aromatic rings. The van der Waals surface area contributed by atoms with Crippen molar-refractivity contribution >= 4 is 0 Å². The highest BCUT2D eigenvalue weighted by atomic mass is 15.6. The van der Waals surface area contributed by atoms with E-state index in [1.165, 1.54) is 0 Å². The Balaban J connectivity index is 2.77. The molecule has 0 fully saturated rings. The maximum Gasteiger partial charge on any atom is 0.165 e. The number of nitrogens with one attached hydrogen (secondary N) is 1. The zero-order valence-electron chi connectivity index (χ0n) is 10.1. The van der Waals surface area contributed by atoms with Crippen LogP contribution in [0.2, 0.25) is 0 Å². The predicted molar refractivity (Wildman–Crippen MR) is 59.4 cm³/mol. The van der Waals surface area contributed by atoms with Gasteiger partial charge in [-0.1, -0.05) is 27.7 Å². The Labute approximate surface area is 91.2 Å². The fraction of sp³-hybridized carbons (Fsp3) is 0.900. The van der Waals surface area contributed by atoms with Crippen LogP contribution in [-0.4, -0.2) is 26.8 Å². The molecule has 15 heavy (non-hydrogen) atoms. The fourth-order valence-corrected chi connectivity index (χ4v) is 1.75. The minimum atomic E-state index is 0.397. The summed E-state index contributed by atoms with van der Waals surface area (Å²) in [4.78, 5) is 0. The van der Waals surface area contributed by atoms with Gasteiger partial charge in [-0.3, -0.25) is 0 Å². The maximum atomic E-state index is 4.08. The summed E-state index contributed by atoms with van der Waals surface area (Å²) in [5, 5.41) is 15.1. The monoisotopic (exact) mass is 211 g/mol. The van der Waals surface area contributed by atoms with Gasteiger partial charge in [-0.15, -0.1) is 5.10 Å². The predicted octanol–water partition coefficient (Wildman–Crippen LogP) is 1.39. The third kappa shape index (κ3) is 2.99.